The van der Waals surface area contributed by atoms with Gasteiger partial charge in [-0.2, -0.15) is 0 Å². The number of halogens is 2. The smallest absolute Gasteiger partial charge is 0.254 e. The molecule has 1 atom stereocenters. The van der Waals surface area contributed by atoms with E-state index in [-0.39, 0.29) is 27.6 Å². The molecular formula is C28H28Cl2N6O. The van der Waals surface area contributed by atoms with E-state index in [0.717, 1.165) is 42.9 Å². The van der Waals surface area contributed by atoms with Crippen LogP contribution in [0.4, 0.5) is 0 Å². The maximum absolute atomic E-state index is 12.6. The number of rotatable bonds is 8. The van der Waals surface area contributed by atoms with Gasteiger partial charge in [0.15, 0.2) is 0 Å². The maximum atomic E-state index is 12.6. The van der Waals surface area contributed by atoms with Crippen LogP contribution in [0.1, 0.15) is 63.1 Å². The fraction of sp³-hybridized carbons (Fsp3) is 0.286. The first kappa shape index (κ1) is 25.4. The van der Waals surface area contributed by atoms with Gasteiger partial charge >= 0.3 is 0 Å². The van der Waals surface area contributed by atoms with Gasteiger partial charge in [-0.05, 0) is 48.9 Å². The summed E-state index contributed by atoms with van der Waals surface area (Å²) in [6.45, 7) is 3.83. The average Bonchev–Trinajstić information content (AvgIpc) is 3.32. The molecule has 1 unspecified atom stereocenters. The molecule has 1 aliphatic rings. The number of H-pyrrole nitrogens is 1. The number of amides is 1. The number of carbonyl (C=O) groups excluding carboxylic acids is 1. The summed E-state index contributed by atoms with van der Waals surface area (Å²) in [5.41, 5.74) is 5.89. The monoisotopic (exact) mass is 534 g/mol. The Morgan fingerprint density at radius 3 is 2.59 bits per heavy atom. The van der Waals surface area contributed by atoms with Gasteiger partial charge in [-0.3, -0.25) is 19.7 Å². The number of aryl methyl sites for hydroxylation is 2. The zero-order valence-corrected chi connectivity index (χ0v) is 22.1. The summed E-state index contributed by atoms with van der Waals surface area (Å²) in [7, 11) is 0. The quantitative estimate of drug-likeness (QED) is 0.297. The minimum atomic E-state index is -0.329. The van der Waals surface area contributed by atoms with Gasteiger partial charge in [-0.1, -0.05) is 53.5 Å². The Bertz CT molecular complexity index is 1370. The number of carbonyl (C=O) groups is 1. The van der Waals surface area contributed by atoms with E-state index >= 15 is 0 Å². The number of hydrogen-bond acceptors (Lipinski definition) is 5. The summed E-state index contributed by atoms with van der Waals surface area (Å²) in [5.74, 6) is 0.623. The summed E-state index contributed by atoms with van der Waals surface area (Å²) < 4.78 is 0. The fourth-order valence-electron chi connectivity index (χ4n) is 4.85. The Balaban J connectivity index is 1.30. The van der Waals surface area contributed by atoms with E-state index in [2.05, 4.69) is 43.4 Å². The van der Waals surface area contributed by atoms with Crippen LogP contribution in [-0.4, -0.2) is 30.7 Å². The van der Waals surface area contributed by atoms with Gasteiger partial charge in [-0.25, -0.2) is 4.98 Å². The maximum Gasteiger partial charge on any atom is 0.254 e. The second-order valence-corrected chi connectivity index (χ2v) is 10.1. The third kappa shape index (κ3) is 6.01. The van der Waals surface area contributed by atoms with E-state index in [9.17, 15) is 4.79 Å². The van der Waals surface area contributed by atoms with Crippen molar-refractivity contribution in [2.24, 2.45) is 0 Å². The topological polar surface area (TPSA) is 86.8 Å². The molecule has 5 rings (SSSR count). The number of fused-ring (bicyclic) bond motifs is 1. The van der Waals surface area contributed by atoms with Crippen LogP contribution in [0.5, 0.6) is 0 Å². The van der Waals surface area contributed by atoms with Gasteiger partial charge in [0, 0.05) is 37.9 Å². The van der Waals surface area contributed by atoms with Crippen LogP contribution in [0.15, 0.2) is 61.2 Å². The third-order valence-corrected chi connectivity index (χ3v) is 7.23. The van der Waals surface area contributed by atoms with Crippen molar-refractivity contribution in [2.75, 3.05) is 0 Å². The molecule has 0 spiro atoms. The van der Waals surface area contributed by atoms with Gasteiger partial charge in [0.2, 0.25) is 0 Å². The molecule has 0 fully saturated rings. The molecular weight excluding hydrogens is 507 g/mol. The van der Waals surface area contributed by atoms with Crippen molar-refractivity contribution in [3.8, 4) is 0 Å². The number of imidazole rings is 1. The lowest BCUT2D eigenvalue weighted by Gasteiger charge is -2.34. The molecule has 4 aromatic rings. The Morgan fingerprint density at radius 2 is 1.86 bits per heavy atom. The van der Waals surface area contributed by atoms with Crippen molar-refractivity contribution in [3.05, 3.63) is 111 Å². The number of benzene rings is 1. The molecule has 3 heterocycles. The number of hydrogen-bond donors (Lipinski definition) is 2. The summed E-state index contributed by atoms with van der Waals surface area (Å²) in [4.78, 5) is 31.7. The lowest BCUT2D eigenvalue weighted by Crippen LogP contribution is -2.31. The Labute approximate surface area is 226 Å². The van der Waals surface area contributed by atoms with Crippen molar-refractivity contribution in [3.63, 3.8) is 0 Å². The number of nitrogens with zero attached hydrogens (tertiary/aromatic N) is 4. The second-order valence-electron chi connectivity index (χ2n) is 9.33. The standard InChI is InChI=1S/C28H28Cl2N6O/c1-18-12-33-25(35-18)17-36(24-6-2-4-21-5-3-11-32-27(21)24)16-20-9-7-19(8-10-20)13-34-28(37)26-22(29)14-31-15-23(26)30/h3,5,7-12,14-15,24H,2,4,6,13,16-17H2,1H3,(H,33,35)(H,34,37). The second kappa shape index (κ2) is 11.4. The first-order chi connectivity index (χ1) is 18.0. The van der Waals surface area contributed by atoms with Crippen molar-refractivity contribution in [1.29, 1.82) is 0 Å². The molecule has 1 amide bonds. The van der Waals surface area contributed by atoms with Gasteiger partial charge in [-0.15, -0.1) is 0 Å². The molecule has 0 saturated heterocycles. The molecule has 9 heteroatoms. The van der Waals surface area contributed by atoms with Crippen LogP contribution in [0, 0.1) is 6.92 Å². The number of aromatic nitrogens is 4. The first-order valence-corrected chi connectivity index (χ1v) is 13.1. The molecule has 0 aliphatic heterocycles. The van der Waals surface area contributed by atoms with Crippen molar-refractivity contribution in [2.45, 2.75) is 51.9 Å². The van der Waals surface area contributed by atoms with Crippen LogP contribution in [0.25, 0.3) is 0 Å². The van der Waals surface area contributed by atoms with Crippen molar-refractivity contribution < 1.29 is 4.79 Å². The van der Waals surface area contributed by atoms with E-state index in [4.69, 9.17) is 28.2 Å². The summed E-state index contributed by atoms with van der Waals surface area (Å²) in [6.07, 6.45) is 9.93. The zero-order valence-electron chi connectivity index (χ0n) is 20.5. The summed E-state index contributed by atoms with van der Waals surface area (Å²) in [5, 5.41) is 3.34. The molecule has 1 aromatic carbocycles. The molecule has 3 aromatic heterocycles. The molecule has 0 radical (unpaired) electrons. The zero-order chi connectivity index (χ0) is 25.8. The highest BCUT2D eigenvalue weighted by Gasteiger charge is 2.28. The van der Waals surface area contributed by atoms with Gasteiger partial charge in [0.25, 0.3) is 5.91 Å². The van der Waals surface area contributed by atoms with E-state index < -0.39 is 0 Å². The molecule has 2 N–H and O–H groups in total. The predicted octanol–water partition coefficient (Wildman–Crippen LogP) is 5.82. The normalized spacial score (nSPS) is 15.0. The largest absolute Gasteiger partial charge is 0.348 e. The Morgan fingerprint density at radius 1 is 1.11 bits per heavy atom. The van der Waals surface area contributed by atoms with Crippen LogP contribution < -0.4 is 5.32 Å². The number of pyridine rings is 2. The fourth-order valence-corrected chi connectivity index (χ4v) is 5.39. The van der Waals surface area contributed by atoms with E-state index in [1.54, 1.807) is 0 Å². The van der Waals surface area contributed by atoms with Crippen LogP contribution in [-0.2, 0) is 26.1 Å². The molecule has 190 valence electrons. The van der Waals surface area contributed by atoms with Crippen LogP contribution in [0.3, 0.4) is 0 Å². The van der Waals surface area contributed by atoms with Crippen LogP contribution in [0.2, 0.25) is 10.0 Å². The average molecular weight is 535 g/mol. The summed E-state index contributed by atoms with van der Waals surface area (Å²) >= 11 is 12.2. The highest BCUT2D eigenvalue weighted by Crippen LogP contribution is 2.34. The Hall–Kier alpha value is -3.26. The molecule has 0 bridgehead atoms. The van der Waals surface area contributed by atoms with Crippen molar-refractivity contribution >= 4 is 29.1 Å². The number of aromatic amines is 1. The SMILES string of the molecule is Cc1c[nH]c(CN(Cc2ccc(CNC(=O)c3c(Cl)cncc3Cl)cc2)C2CCCc3cccnc32)n1. The highest BCUT2D eigenvalue weighted by molar-refractivity contribution is 6.39. The van der Waals surface area contributed by atoms with Gasteiger partial charge < -0.3 is 10.3 Å². The molecule has 0 saturated carbocycles. The van der Waals surface area contributed by atoms with E-state index in [1.165, 1.54) is 29.2 Å². The molecule has 7 nitrogen and oxygen atoms in total. The van der Waals surface area contributed by atoms with Gasteiger partial charge in [0.1, 0.15) is 5.82 Å². The Kier molecular flexibility index (Phi) is 7.84. The molecule has 1 aliphatic carbocycles. The predicted molar refractivity (Wildman–Crippen MR) is 144 cm³/mol. The number of nitrogens with one attached hydrogen (secondary N) is 2. The minimum Gasteiger partial charge on any atom is -0.348 e. The third-order valence-electron chi connectivity index (χ3n) is 6.66. The first-order valence-electron chi connectivity index (χ1n) is 12.3. The van der Waals surface area contributed by atoms with Gasteiger partial charge in [0.05, 0.1) is 39.6 Å². The minimum absolute atomic E-state index is 0.226. The van der Waals surface area contributed by atoms with E-state index in [1.807, 2.05) is 37.5 Å². The van der Waals surface area contributed by atoms with Crippen LogP contribution >= 0.6 is 23.2 Å². The molecule has 37 heavy (non-hydrogen) atoms. The summed E-state index contributed by atoms with van der Waals surface area (Å²) in [6, 6.07) is 12.7. The van der Waals surface area contributed by atoms with Crippen molar-refractivity contribution in [1.82, 2.24) is 30.2 Å². The lowest BCUT2D eigenvalue weighted by atomic mass is 9.90. The van der Waals surface area contributed by atoms with E-state index in [0.29, 0.717) is 13.1 Å². The lowest BCUT2D eigenvalue weighted by molar-refractivity contribution is 0.0951. The highest BCUT2D eigenvalue weighted by atomic mass is 35.5.